The molecule has 0 spiro atoms. The predicted molar refractivity (Wildman–Crippen MR) is 166 cm³/mol. The molecule has 0 bridgehead atoms. The number of carboxylic acids is 1. The fourth-order valence-corrected chi connectivity index (χ4v) is 6.46. The molecule has 3 aromatic carbocycles. The number of aliphatic imine (C=N–C) groups is 1. The number of carboxylic acid groups (broad SMARTS) is 1. The molecular weight excluding hydrogens is 564 g/mol. The second kappa shape index (κ2) is 13.7. The van der Waals surface area contributed by atoms with E-state index in [-0.39, 0.29) is 23.8 Å². The van der Waals surface area contributed by atoms with E-state index < -0.39 is 22.0 Å². The first-order valence-corrected chi connectivity index (χ1v) is 14.9. The van der Waals surface area contributed by atoms with Crippen molar-refractivity contribution in [3.8, 4) is 17.3 Å². The van der Waals surface area contributed by atoms with Crippen LogP contribution < -0.4 is 15.4 Å². The van der Waals surface area contributed by atoms with E-state index in [9.17, 15) is 18.3 Å². The zero-order valence-electron chi connectivity index (χ0n) is 24.0. The summed E-state index contributed by atoms with van der Waals surface area (Å²) in [4.78, 5) is 20.8. The number of aromatic nitrogens is 1. The van der Waals surface area contributed by atoms with Gasteiger partial charge in [-0.2, -0.15) is 9.98 Å². The number of sulfonamides is 1. The van der Waals surface area contributed by atoms with E-state index in [2.05, 4.69) is 25.3 Å². The summed E-state index contributed by atoms with van der Waals surface area (Å²) < 4.78 is 28.7. The third-order valence-electron chi connectivity index (χ3n) is 6.62. The number of anilines is 1. The highest BCUT2D eigenvalue weighted by molar-refractivity contribution is 7.89. The van der Waals surface area contributed by atoms with E-state index in [1.807, 2.05) is 67.7 Å². The fourth-order valence-electron chi connectivity index (χ4n) is 4.81. The van der Waals surface area contributed by atoms with Gasteiger partial charge in [0.1, 0.15) is 6.04 Å². The van der Waals surface area contributed by atoms with Gasteiger partial charge in [-0.25, -0.2) is 13.4 Å². The normalized spacial score (nSPS) is 12.3. The zero-order chi connectivity index (χ0) is 31.0. The van der Waals surface area contributed by atoms with Crippen molar-refractivity contribution in [2.75, 3.05) is 5.32 Å². The topological polar surface area (TPSA) is 157 Å². The minimum absolute atomic E-state index is 0.0314. The van der Waals surface area contributed by atoms with E-state index in [4.69, 9.17) is 5.26 Å². The van der Waals surface area contributed by atoms with Gasteiger partial charge >= 0.3 is 5.97 Å². The van der Waals surface area contributed by atoms with Crippen LogP contribution in [0.1, 0.15) is 27.9 Å². The molecule has 11 heteroatoms. The van der Waals surface area contributed by atoms with Crippen LogP contribution in [0.2, 0.25) is 0 Å². The molecule has 4 N–H and O–H groups in total. The summed E-state index contributed by atoms with van der Waals surface area (Å²) in [5.74, 6) is -0.987. The van der Waals surface area contributed by atoms with Gasteiger partial charge in [-0.3, -0.25) is 15.1 Å². The van der Waals surface area contributed by atoms with Crippen molar-refractivity contribution < 1.29 is 18.3 Å². The summed E-state index contributed by atoms with van der Waals surface area (Å²) in [6, 6.07) is 22.5. The van der Waals surface area contributed by atoms with Crippen molar-refractivity contribution in [2.45, 2.75) is 44.7 Å². The van der Waals surface area contributed by atoms with Gasteiger partial charge in [0.2, 0.25) is 16.0 Å². The lowest BCUT2D eigenvalue weighted by Gasteiger charge is -2.18. The van der Waals surface area contributed by atoms with Crippen LogP contribution in [0.4, 0.5) is 5.69 Å². The average Bonchev–Trinajstić information content (AvgIpc) is 2.96. The molecule has 0 unspecified atom stereocenters. The number of aryl methyl sites for hydroxylation is 3. The van der Waals surface area contributed by atoms with Gasteiger partial charge in [0.15, 0.2) is 6.19 Å². The first kappa shape index (κ1) is 30.9. The van der Waals surface area contributed by atoms with Crippen LogP contribution in [0, 0.1) is 32.2 Å². The number of carbonyl (C=O) groups is 1. The van der Waals surface area contributed by atoms with E-state index in [1.54, 1.807) is 44.3 Å². The highest BCUT2D eigenvalue weighted by Crippen LogP contribution is 2.25. The molecule has 4 rings (SSSR count). The van der Waals surface area contributed by atoms with E-state index >= 15 is 0 Å². The molecule has 0 saturated heterocycles. The van der Waals surface area contributed by atoms with Gasteiger partial charge < -0.3 is 10.4 Å². The number of hydrogen-bond donors (Lipinski definition) is 4. The van der Waals surface area contributed by atoms with Gasteiger partial charge in [0.25, 0.3) is 0 Å². The van der Waals surface area contributed by atoms with Crippen LogP contribution in [-0.4, -0.2) is 36.5 Å². The Morgan fingerprint density at radius 2 is 1.70 bits per heavy atom. The number of nitriles is 1. The van der Waals surface area contributed by atoms with Crippen molar-refractivity contribution in [3.63, 3.8) is 0 Å². The molecule has 0 aliphatic heterocycles. The molecule has 0 saturated carbocycles. The molecule has 1 atom stereocenters. The summed E-state index contributed by atoms with van der Waals surface area (Å²) >= 11 is 0. The Kier molecular flexibility index (Phi) is 9.87. The van der Waals surface area contributed by atoms with E-state index in [0.717, 1.165) is 22.4 Å². The molecule has 1 heterocycles. The molecule has 220 valence electrons. The number of benzene rings is 3. The Morgan fingerprint density at radius 3 is 2.33 bits per heavy atom. The second-order valence-corrected chi connectivity index (χ2v) is 11.7. The van der Waals surface area contributed by atoms with Crippen LogP contribution in [0.25, 0.3) is 11.1 Å². The maximum Gasteiger partial charge on any atom is 0.322 e. The number of nitrogens with zero attached hydrogens (tertiary/aromatic N) is 3. The third-order valence-corrected chi connectivity index (χ3v) is 8.40. The molecule has 10 nitrogen and oxygen atoms in total. The minimum Gasteiger partial charge on any atom is -0.480 e. The molecule has 0 amide bonds. The SMILES string of the molecule is Cc1cc(C)c(S(=O)(=O)N[C@@H](Cc2ccc(-c3cccc(NC(=NCc4ccccn4)NC#N)c3)cc2)C(=O)O)c(C)c1. The molecule has 4 aromatic rings. The number of nitrogens with one attached hydrogen (secondary N) is 3. The maximum absolute atomic E-state index is 13.2. The maximum atomic E-state index is 13.2. The lowest BCUT2D eigenvalue weighted by atomic mass is 10.0. The fraction of sp³-hybridized carbons (Fsp3) is 0.188. The summed E-state index contributed by atoms with van der Waals surface area (Å²) in [7, 11) is -4.07. The smallest absolute Gasteiger partial charge is 0.322 e. The summed E-state index contributed by atoms with van der Waals surface area (Å²) in [5, 5.41) is 24.6. The first-order valence-electron chi connectivity index (χ1n) is 13.4. The van der Waals surface area contributed by atoms with Crippen LogP contribution >= 0.6 is 0 Å². The standard InChI is InChI=1S/C32H32N6O4S/c1-21-15-22(2)30(23(3)16-21)43(41,42)38-29(31(39)40)17-24-10-12-25(13-11-24)26-7-6-9-27(18-26)37-32(36-20-33)35-19-28-8-4-5-14-34-28/h4-16,18,29,38H,17,19H2,1-3H3,(H,39,40)(H2,35,36,37)/t29-/m0/s1. The quantitative estimate of drug-likeness (QED) is 0.0889. The molecule has 1 aromatic heterocycles. The summed E-state index contributed by atoms with van der Waals surface area (Å²) in [6.07, 6.45) is 3.53. The van der Waals surface area contributed by atoms with Crippen molar-refractivity contribution in [2.24, 2.45) is 4.99 Å². The van der Waals surface area contributed by atoms with Crippen LogP contribution in [0.5, 0.6) is 0 Å². The number of guanidine groups is 1. The Labute approximate surface area is 251 Å². The number of aliphatic carboxylic acids is 1. The number of hydrogen-bond acceptors (Lipinski definition) is 6. The average molecular weight is 597 g/mol. The highest BCUT2D eigenvalue weighted by Gasteiger charge is 2.28. The van der Waals surface area contributed by atoms with Crippen molar-refractivity contribution >= 4 is 27.6 Å². The molecule has 0 fully saturated rings. The van der Waals surface area contributed by atoms with Crippen molar-refractivity contribution in [1.82, 2.24) is 15.0 Å². The minimum atomic E-state index is -4.07. The predicted octanol–water partition coefficient (Wildman–Crippen LogP) is 4.69. The van der Waals surface area contributed by atoms with Crippen molar-refractivity contribution in [3.05, 3.63) is 113 Å². The molecular formula is C32H32N6O4S. The van der Waals surface area contributed by atoms with Crippen molar-refractivity contribution in [1.29, 1.82) is 5.26 Å². The Bertz CT molecular complexity index is 1760. The molecule has 0 aliphatic carbocycles. The Balaban J connectivity index is 1.48. The number of rotatable bonds is 10. The Morgan fingerprint density at radius 1 is 0.977 bits per heavy atom. The van der Waals surface area contributed by atoms with Gasteiger partial charge in [-0.05, 0) is 79.3 Å². The monoisotopic (exact) mass is 596 g/mol. The van der Waals surface area contributed by atoms with E-state index in [1.165, 1.54) is 0 Å². The lowest BCUT2D eigenvalue weighted by molar-refractivity contribution is -0.138. The van der Waals surface area contributed by atoms with Gasteiger partial charge in [0.05, 0.1) is 17.1 Å². The Hall–Kier alpha value is -5.05. The molecule has 0 aliphatic rings. The third kappa shape index (κ3) is 8.25. The molecule has 0 radical (unpaired) electrons. The zero-order valence-corrected chi connectivity index (χ0v) is 24.8. The van der Waals surface area contributed by atoms with Gasteiger partial charge in [0, 0.05) is 11.9 Å². The van der Waals surface area contributed by atoms with Crippen LogP contribution in [-0.2, 0) is 27.8 Å². The molecule has 43 heavy (non-hydrogen) atoms. The first-order chi connectivity index (χ1) is 20.6. The summed E-state index contributed by atoms with van der Waals surface area (Å²) in [5.41, 5.74) is 5.91. The highest BCUT2D eigenvalue weighted by atomic mass is 32.2. The lowest BCUT2D eigenvalue weighted by Crippen LogP contribution is -2.42. The van der Waals surface area contributed by atoms with Gasteiger partial charge in [-0.15, -0.1) is 0 Å². The van der Waals surface area contributed by atoms with E-state index in [0.29, 0.717) is 22.4 Å². The van der Waals surface area contributed by atoms with Crippen LogP contribution in [0.15, 0.2) is 94.9 Å². The van der Waals surface area contributed by atoms with Crippen LogP contribution in [0.3, 0.4) is 0 Å². The largest absolute Gasteiger partial charge is 0.480 e. The second-order valence-electron chi connectivity index (χ2n) is 10.1. The summed E-state index contributed by atoms with van der Waals surface area (Å²) in [6.45, 7) is 5.56. The number of pyridine rings is 1. The van der Waals surface area contributed by atoms with Gasteiger partial charge in [-0.1, -0.05) is 60.2 Å².